The number of nitrogens with one attached hydrogen (secondary N) is 1. The zero-order valence-electron chi connectivity index (χ0n) is 12.2. The number of carbonyl (C=O) groups excluding carboxylic acids is 1. The van der Waals surface area contributed by atoms with Gasteiger partial charge in [-0.2, -0.15) is 4.31 Å². The van der Waals surface area contributed by atoms with E-state index in [2.05, 4.69) is 5.32 Å². The Hall–Kier alpha value is -1.11. The highest BCUT2D eigenvalue weighted by Crippen LogP contribution is 2.30. The molecular formula is C15H19ClN2O3S. The van der Waals surface area contributed by atoms with Gasteiger partial charge >= 0.3 is 0 Å². The van der Waals surface area contributed by atoms with E-state index in [9.17, 15) is 13.2 Å². The highest BCUT2D eigenvalue weighted by molar-refractivity contribution is 7.89. The molecule has 1 aliphatic carbocycles. The Bertz CT molecular complexity index is 665. The van der Waals surface area contributed by atoms with Crippen molar-refractivity contribution in [2.24, 2.45) is 5.92 Å². The summed E-state index contributed by atoms with van der Waals surface area (Å²) in [4.78, 5) is 11.9. The van der Waals surface area contributed by atoms with E-state index in [0.717, 1.165) is 12.8 Å². The molecule has 120 valence electrons. The zero-order chi connectivity index (χ0) is 15.7. The number of rotatable bonds is 4. The summed E-state index contributed by atoms with van der Waals surface area (Å²) in [5.74, 6) is 0.303. The SMILES string of the molecule is O=C(NC1CCN(S(=O)(=O)c2ccccc2Cl)CC1)C1CC1. The van der Waals surface area contributed by atoms with Crippen LogP contribution in [0.3, 0.4) is 0 Å². The van der Waals surface area contributed by atoms with Gasteiger partial charge in [0, 0.05) is 25.0 Å². The molecule has 0 unspecified atom stereocenters. The van der Waals surface area contributed by atoms with Crippen molar-refractivity contribution in [1.29, 1.82) is 0 Å². The largest absolute Gasteiger partial charge is 0.353 e. The fourth-order valence-corrected chi connectivity index (χ4v) is 4.66. The first-order valence-electron chi connectivity index (χ1n) is 7.53. The van der Waals surface area contributed by atoms with Crippen LogP contribution in [0.15, 0.2) is 29.2 Å². The number of amides is 1. The molecule has 1 N–H and O–H groups in total. The molecule has 0 aromatic heterocycles. The Kier molecular flexibility index (Phi) is 4.43. The smallest absolute Gasteiger partial charge is 0.244 e. The standard InChI is InChI=1S/C15H19ClN2O3S/c16-13-3-1-2-4-14(13)22(20,21)18-9-7-12(8-10-18)17-15(19)11-5-6-11/h1-4,11-12H,5-10H2,(H,17,19). The molecule has 5 nitrogen and oxygen atoms in total. The molecule has 0 bridgehead atoms. The summed E-state index contributed by atoms with van der Waals surface area (Å²) in [5.41, 5.74) is 0. The third kappa shape index (κ3) is 3.29. The molecule has 3 rings (SSSR count). The van der Waals surface area contributed by atoms with E-state index in [1.54, 1.807) is 18.2 Å². The monoisotopic (exact) mass is 342 g/mol. The number of halogens is 1. The van der Waals surface area contributed by atoms with Crippen molar-refractivity contribution in [3.8, 4) is 0 Å². The Morgan fingerprint density at radius 3 is 2.36 bits per heavy atom. The van der Waals surface area contributed by atoms with E-state index >= 15 is 0 Å². The van der Waals surface area contributed by atoms with Gasteiger partial charge in [0.25, 0.3) is 0 Å². The molecule has 7 heteroatoms. The van der Waals surface area contributed by atoms with Crippen LogP contribution in [0.5, 0.6) is 0 Å². The van der Waals surface area contributed by atoms with Gasteiger partial charge in [0.2, 0.25) is 15.9 Å². The van der Waals surface area contributed by atoms with E-state index in [1.165, 1.54) is 10.4 Å². The predicted molar refractivity (Wildman–Crippen MR) is 84.1 cm³/mol. The summed E-state index contributed by atoms with van der Waals surface area (Å²) in [7, 11) is -3.56. The molecule has 1 saturated heterocycles. The number of nitrogens with zero attached hydrogens (tertiary/aromatic N) is 1. The minimum Gasteiger partial charge on any atom is -0.353 e. The van der Waals surface area contributed by atoms with Gasteiger partial charge in [-0.25, -0.2) is 8.42 Å². The number of carbonyl (C=O) groups is 1. The minimum atomic E-state index is -3.56. The summed E-state index contributed by atoms with van der Waals surface area (Å²) in [6.07, 6.45) is 3.24. The van der Waals surface area contributed by atoms with Crippen molar-refractivity contribution >= 4 is 27.5 Å². The van der Waals surface area contributed by atoms with Gasteiger partial charge in [-0.1, -0.05) is 23.7 Å². The van der Waals surface area contributed by atoms with Crippen molar-refractivity contribution in [3.05, 3.63) is 29.3 Å². The number of piperidine rings is 1. The molecule has 1 amide bonds. The Morgan fingerprint density at radius 2 is 1.77 bits per heavy atom. The maximum Gasteiger partial charge on any atom is 0.244 e. The topological polar surface area (TPSA) is 66.5 Å². The molecule has 2 aliphatic rings. The van der Waals surface area contributed by atoms with E-state index in [1.807, 2.05) is 0 Å². The average Bonchev–Trinajstić information content (AvgIpc) is 3.33. The van der Waals surface area contributed by atoms with Crippen molar-refractivity contribution in [2.45, 2.75) is 36.6 Å². The second-order valence-electron chi connectivity index (χ2n) is 5.89. The van der Waals surface area contributed by atoms with Gasteiger partial charge in [0.15, 0.2) is 0 Å². The van der Waals surface area contributed by atoms with Crippen LogP contribution in [0.1, 0.15) is 25.7 Å². The van der Waals surface area contributed by atoms with Gasteiger partial charge in [-0.3, -0.25) is 4.79 Å². The summed E-state index contributed by atoms with van der Waals surface area (Å²) in [6.45, 7) is 0.812. The third-order valence-corrected chi connectivity index (χ3v) is 6.60. The molecule has 22 heavy (non-hydrogen) atoms. The first kappa shape index (κ1) is 15.8. The molecular weight excluding hydrogens is 324 g/mol. The van der Waals surface area contributed by atoms with E-state index in [4.69, 9.17) is 11.6 Å². The van der Waals surface area contributed by atoms with Crippen LogP contribution in [-0.4, -0.2) is 37.8 Å². The lowest BCUT2D eigenvalue weighted by atomic mass is 10.1. The van der Waals surface area contributed by atoms with Crippen LogP contribution in [0.25, 0.3) is 0 Å². The minimum absolute atomic E-state index is 0.0748. The van der Waals surface area contributed by atoms with E-state index in [0.29, 0.717) is 25.9 Å². The number of hydrogen-bond acceptors (Lipinski definition) is 3. The van der Waals surface area contributed by atoms with Gasteiger partial charge in [0.05, 0.1) is 5.02 Å². The van der Waals surface area contributed by atoms with Crippen molar-refractivity contribution < 1.29 is 13.2 Å². The van der Waals surface area contributed by atoms with Gasteiger partial charge in [-0.05, 0) is 37.8 Å². The predicted octanol–water partition coefficient (Wildman–Crippen LogP) is 2.02. The van der Waals surface area contributed by atoms with Crippen molar-refractivity contribution in [2.75, 3.05) is 13.1 Å². The molecule has 1 aromatic rings. The third-order valence-electron chi connectivity index (χ3n) is 4.20. The second-order valence-corrected chi connectivity index (χ2v) is 8.21. The number of sulfonamides is 1. The lowest BCUT2D eigenvalue weighted by Crippen LogP contribution is -2.46. The summed E-state index contributed by atoms with van der Waals surface area (Å²) < 4.78 is 26.7. The zero-order valence-corrected chi connectivity index (χ0v) is 13.7. The second kappa shape index (κ2) is 6.18. The average molecular weight is 343 g/mol. The van der Waals surface area contributed by atoms with Crippen LogP contribution in [0, 0.1) is 5.92 Å². The Labute approximate surface area is 135 Å². The Morgan fingerprint density at radius 1 is 1.14 bits per heavy atom. The van der Waals surface area contributed by atoms with Gasteiger partial charge < -0.3 is 5.32 Å². The van der Waals surface area contributed by atoms with Crippen molar-refractivity contribution in [3.63, 3.8) is 0 Å². The van der Waals surface area contributed by atoms with Gasteiger partial charge in [-0.15, -0.1) is 0 Å². The lowest BCUT2D eigenvalue weighted by Gasteiger charge is -2.31. The molecule has 1 saturated carbocycles. The molecule has 1 heterocycles. The first-order chi connectivity index (χ1) is 10.5. The molecule has 0 spiro atoms. The van der Waals surface area contributed by atoms with Crippen LogP contribution in [-0.2, 0) is 14.8 Å². The van der Waals surface area contributed by atoms with E-state index < -0.39 is 10.0 Å². The van der Waals surface area contributed by atoms with Crippen LogP contribution >= 0.6 is 11.6 Å². The fraction of sp³-hybridized carbons (Fsp3) is 0.533. The Balaban J connectivity index is 1.63. The van der Waals surface area contributed by atoms with Crippen LogP contribution < -0.4 is 5.32 Å². The summed E-state index contributed by atoms with van der Waals surface area (Å²) in [6, 6.07) is 6.56. The molecule has 1 aromatic carbocycles. The molecule has 0 radical (unpaired) electrons. The maximum absolute atomic E-state index is 12.6. The quantitative estimate of drug-likeness (QED) is 0.910. The van der Waals surface area contributed by atoms with E-state index in [-0.39, 0.29) is 27.8 Å². The number of benzene rings is 1. The first-order valence-corrected chi connectivity index (χ1v) is 9.35. The normalized spacial score (nSPS) is 20.8. The number of hydrogen-bond donors (Lipinski definition) is 1. The summed E-state index contributed by atoms with van der Waals surface area (Å²) in [5, 5.41) is 3.26. The van der Waals surface area contributed by atoms with Crippen LogP contribution in [0.4, 0.5) is 0 Å². The highest BCUT2D eigenvalue weighted by atomic mass is 35.5. The van der Waals surface area contributed by atoms with Crippen molar-refractivity contribution in [1.82, 2.24) is 9.62 Å². The van der Waals surface area contributed by atoms with Crippen LogP contribution in [0.2, 0.25) is 5.02 Å². The lowest BCUT2D eigenvalue weighted by molar-refractivity contribution is -0.123. The molecule has 2 fully saturated rings. The fourth-order valence-electron chi connectivity index (χ4n) is 2.70. The summed E-state index contributed by atoms with van der Waals surface area (Å²) >= 11 is 6.00. The highest BCUT2D eigenvalue weighted by Gasteiger charge is 2.34. The maximum atomic E-state index is 12.6. The van der Waals surface area contributed by atoms with Gasteiger partial charge in [0.1, 0.15) is 4.90 Å². The molecule has 1 aliphatic heterocycles. The molecule has 0 atom stereocenters.